The van der Waals surface area contributed by atoms with Gasteiger partial charge in [0.2, 0.25) is 0 Å². The van der Waals surface area contributed by atoms with Crippen molar-refractivity contribution >= 4 is 12.6 Å². The molecule has 2 rings (SSSR count). The first-order valence-corrected chi connectivity index (χ1v) is 5.76. The van der Waals surface area contributed by atoms with E-state index in [0.29, 0.717) is 5.75 Å². The van der Waals surface area contributed by atoms with Crippen molar-refractivity contribution < 1.29 is 0 Å². The lowest BCUT2D eigenvalue weighted by atomic mass is 10.1. The van der Waals surface area contributed by atoms with Crippen LogP contribution in [-0.4, -0.2) is 4.57 Å². The fourth-order valence-corrected chi connectivity index (χ4v) is 2.46. The topological polar surface area (TPSA) is 22.0 Å². The second kappa shape index (κ2) is 3.81. The zero-order valence-corrected chi connectivity index (χ0v) is 9.31. The summed E-state index contributed by atoms with van der Waals surface area (Å²) in [5.41, 5.74) is 3.61. The summed E-state index contributed by atoms with van der Waals surface area (Å²) in [4.78, 5) is 11.9. The van der Waals surface area contributed by atoms with Crippen LogP contribution in [0.4, 0.5) is 0 Å². The van der Waals surface area contributed by atoms with E-state index in [1.807, 2.05) is 17.6 Å². The molecule has 0 saturated carbocycles. The summed E-state index contributed by atoms with van der Waals surface area (Å²) in [6.07, 6.45) is 3.37. The minimum atomic E-state index is 0.156. The SMILES string of the molecule is CCn1c2c(cc(CS)c1=O)CCC2. The predicted octanol–water partition coefficient (Wildman–Crippen LogP) is 1.79. The molecule has 0 aliphatic heterocycles. The second-order valence-corrected chi connectivity index (χ2v) is 4.02. The van der Waals surface area contributed by atoms with Crippen molar-refractivity contribution in [2.45, 2.75) is 38.5 Å². The molecule has 0 radical (unpaired) electrons. The minimum absolute atomic E-state index is 0.156. The van der Waals surface area contributed by atoms with Crippen molar-refractivity contribution in [2.75, 3.05) is 0 Å². The molecule has 2 nitrogen and oxygen atoms in total. The molecule has 0 N–H and O–H groups in total. The first-order valence-electron chi connectivity index (χ1n) is 5.13. The van der Waals surface area contributed by atoms with Gasteiger partial charge in [-0.3, -0.25) is 4.79 Å². The lowest BCUT2D eigenvalue weighted by molar-refractivity contribution is 0.676. The molecule has 0 fully saturated rings. The van der Waals surface area contributed by atoms with Crippen LogP contribution in [0.15, 0.2) is 10.9 Å². The summed E-state index contributed by atoms with van der Waals surface area (Å²) in [5.74, 6) is 0.548. The van der Waals surface area contributed by atoms with Gasteiger partial charge in [0.05, 0.1) is 0 Å². The van der Waals surface area contributed by atoms with Crippen LogP contribution in [0.5, 0.6) is 0 Å². The maximum Gasteiger partial charge on any atom is 0.254 e. The van der Waals surface area contributed by atoms with Crippen LogP contribution in [0, 0.1) is 0 Å². The number of hydrogen-bond acceptors (Lipinski definition) is 2. The average molecular weight is 209 g/mol. The van der Waals surface area contributed by atoms with Gasteiger partial charge in [-0.15, -0.1) is 0 Å². The molecule has 0 bridgehead atoms. The van der Waals surface area contributed by atoms with Crippen LogP contribution in [0.3, 0.4) is 0 Å². The van der Waals surface area contributed by atoms with Gasteiger partial charge in [0.1, 0.15) is 0 Å². The summed E-state index contributed by atoms with van der Waals surface area (Å²) in [7, 11) is 0. The van der Waals surface area contributed by atoms with Gasteiger partial charge in [-0.25, -0.2) is 0 Å². The van der Waals surface area contributed by atoms with Crippen LogP contribution in [0.25, 0.3) is 0 Å². The molecule has 14 heavy (non-hydrogen) atoms. The fraction of sp³-hybridized carbons (Fsp3) is 0.545. The van der Waals surface area contributed by atoms with Crippen LogP contribution in [-0.2, 0) is 25.1 Å². The third-order valence-electron chi connectivity index (χ3n) is 2.91. The smallest absolute Gasteiger partial charge is 0.254 e. The van der Waals surface area contributed by atoms with E-state index in [4.69, 9.17) is 0 Å². The number of nitrogens with zero attached hydrogens (tertiary/aromatic N) is 1. The first kappa shape index (κ1) is 9.84. The van der Waals surface area contributed by atoms with Gasteiger partial charge in [-0.05, 0) is 37.8 Å². The van der Waals surface area contributed by atoms with Gasteiger partial charge < -0.3 is 4.57 Å². The summed E-state index contributed by atoms with van der Waals surface area (Å²) >= 11 is 4.19. The Morgan fingerprint density at radius 2 is 2.29 bits per heavy atom. The van der Waals surface area contributed by atoms with Crippen LogP contribution < -0.4 is 5.56 Å². The second-order valence-electron chi connectivity index (χ2n) is 3.70. The van der Waals surface area contributed by atoms with Gasteiger partial charge in [0, 0.05) is 23.6 Å². The number of aryl methyl sites for hydroxylation is 1. The molecule has 76 valence electrons. The standard InChI is InChI=1S/C11H15NOS/c1-2-12-10-5-3-4-8(10)6-9(7-14)11(12)13/h6,14H,2-5,7H2,1H3. The molecule has 0 saturated heterocycles. The molecule has 0 amide bonds. The summed E-state index contributed by atoms with van der Waals surface area (Å²) < 4.78 is 1.91. The minimum Gasteiger partial charge on any atom is -0.312 e. The largest absolute Gasteiger partial charge is 0.312 e. The Bertz CT molecular complexity index is 408. The molecule has 1 heterocycles. The number of hydrogen-bond donors (Lipinski definition) is 1. The maximum atomic E-state index is 11.9. The normalized spacial score (nSPS) is 14.4. The average Bonchev–Trinajstić information content (AvgIpc) is 2.64. The Morgan fingerprint density at radius 1 is 1.50 bits per heavy atom. The molecule has 1 aromatic rings. The Kier molecular flexibility index (Phi) is 2.68. The van der Waals surface area contributed by atoms with Gasteiger partial charge in [0.15, 0.2) is 0 Å². The predicted molar refractivity (Wildman–Crippen MR) is 61.1 cm³/mol. The maximum absolute atomic E-state index is 11.9. The molecular weight excluding hydrogens is 194 g/mol. The first-order chi connectivity index (χ1) is 6.77. The van der Waals surface area contributed by atoms with Crippen molar-refractivity contribution in [3.8, 4) is 0 Å². The van der Waals surface area contributed by atoms with Crippen LogP contribution >= 0.6 is 12.6 Å². The Labute approximate surface area is 89.4 Å². The van der Waals surface area contributed by atoms with E-state index >= 15 is 0 Å². The van der Waals surface area contributed by atoms with Gasteiger partial charge >= 0.3 is 0 Å². The highest BCUT2D eigenvalue weighted by Gasteiger charge is 2.17. The molecule has 0 unspecified atom stereocenters. The monoisotopic (exact) mass is 209 g/mol. The lowest BCUT2D eigenvalue weighted by Gasteiger charge is -2.11. The van der Waals surface area contributed by atoms with E-state index in [-0.39, 0.29) is 5.56 Å². The molecule has 0 aromatic carbocycles. The van der Waals surface area contributed by atoms with Crippen molar-refractivity contribution in [1.29, 1.82) is 0 Å². The highest BCUT2D eigenvalue weighted by molar-refractivity contribution is 7.79. The number of pyridine rings is 1. The van der Waals surface area contributed by atoms with Crippen LogP contribution in [0.1, 0.15) is 30.2 Å². The quantitative estimate of drug-likeness (QED) is 0.737. The lowest BCUT2D eigenvalue weighted by Crippen LogP contribution is -2.25. The Balaban J connectivity index is 2.67. The van der Waals surface area contributed by atoms with Crippen LogP contribution in [0.2, 0.25) is 0 Å². The molecule has 3 heteroatoms. The van der Waals surface area contributed by atoms with E-state index in [0.717, 1.165) is 24.9 Å². The molecule has 1 aliphatic rings. The summed E-state index contributed by atoms with van der Waals surface area (Å²) in [6.45, 7) is 2.81. The zero-order chi connectivity index (χ0) is 10.1. The molecular formula is C11H15NOS. The van der Waals surface area contributed by atoms with E-state index in [1.165, 1.54) is 17.7 Å². The van der Waals surface area contributed by atoms with Gasteiger partial charge in [0.25, 0.3) is 5.56 Å². The summed E-state index contributed by atoms with van der Waals surface area (Å²) in [6, 6.07) is 2.05. The molecule has 0 atom stereocenters. The van der Waals surface area contributed by atoms with Crippen molar-refractivity contribution in [2.24, 2.45) is 0 Å². The number of rotatable bonds is 2. The highest BCUT2D eigenvalue weighted by Crippen LogP contribution is 2.21. The van der Waals surface area contributed by atoms with Gasteiger partial charge in [-0.2, -0.15) is 12.6 Å². The fourth-order valence-electron chi connectivity index (χ4n) is 2.23. The molecule has 1 aliphatic carbocycles. The molecule has 1 aromatic heterocycles. The van der Waals surface area contributed by atoms with Crippen molar-refractivity contribution in [3.63, 3.8) is 0 Å². The number of thiol groups is 1. The zero-order valence-electron chi connectivity index (χ0n) is 8.42. The highest BCUT2D eigenvalue weighted by atomic mass is 32.1. The van der Waals surface area contributed by atoms with Crippen molar-refractivity contribution in [3.05, 3.63) is 33.2 Å². The number of aromatic nitrogens is 1. The summed E-state index contributed by atoms with van der Waals surface area (Å²) in [5, 5.41) is 0. The van der Waals surface area contributed by atoms with E-state index in [2.05, 4.69) is 12.6 Å². The Morgan fingerprint density at radius 3 is 2.93 bits per heavy atom. The van der Waals surface area contributed by atoms with E-state index in [1.54, 1.807) is 0 Å². The molecule has 0 spiro atoms. The third kappa shape index (κ3) is 1.40. The third-order valence-corrected chi connectivity index (χ3v) is 3.25. The van der Waals surface area contributed by atoms with E-state index < -0.39 is 0 Å². The van der Waals surface area contributed by atoms with Crippen molar-refractivity contribution in [1.82, 2.24) is 4.57 Å². The van der Waals surface area contributed by atoms with Gasteiger partial charge in [-0.1, -0.05) is 0 Å². The number of fused-ring (bicyclic) bond motifs is 1. The Hall–Kier alpha value is -0.700. The van der Waals surface area contributed by atoms with E-state index in [9.17, 15) is 4.79 Å².